The highest BCUT2D eigenvalue weighted by Crippen LogP contribution is 2.27. The number of carbonyl (C=O) groups excluding carboxylic acids is 1. The van der Waals surface area contributed by atoms with Gasteiger partial charge in [0.05, 0.1) is 5.92 Å². The van der Waals surface area contributed by atoms with Crippen LogP contribution in [0, 0.1) is 17.8 Å². The molecule has 0 amide bonds. The molecule has 2 rings (SSSR count). The molecule has 0 aliphatic carbocycles. The fourth-order valence-corrected chi connectivity index (χ4v) is 1.88. The lowest BCUT2D eigenvalue weighted by atomic mass is 9.97. The summed E-state index contributed by atoms with van der Waals surface area (Å²) in [5, 5.41) is 0. The van der Waals surface area contributed by atoms with Crippen LogP contribution in [0.1, 0.15) is 18.9 Å². The first-order valence-corrected chi connectivity index (χ1v) is 5.66. The first-order valence-electron chi connectivity index (χ1n) is 5.66. The van der Waals surface area contributed by atoms with Crippen LogP contribution in [0.5, 0.6) is 0 Å². The van der Waals surface area contributed by atoms with Crippen molar-refractivity contribution in [2.24, 2.45) is 5.92 Å². The van der Waals surface area contributed by atoms with Crippen LogP contribution < -0.4 is 0 Å². The summed E-state index contributed by atoms with van der Waals surface area (Å²) in [6.45, 7) is 1.76. The average molecular weight is 226 g/mol. The highest BCUT2D eigenvalue weighted by Gasteiger charge is 2.30. The molecule has 0 N–H and O–H groups in total. The maximum atomic E-state index is 11.6. The molecule has 1 aromatic rings. The molecular formula is C15H14O2. The molecule has 0 bridgehead atoms. The summed E-state index contributed by atoms with van der Waals surface area (Å²) < 4.78 is 5.17. The molecule has 0 spiro atoms. The highest BCUT2D eigenvalue weighted by atomic mass is 16.5. The second-order valence-corrected chi connectivity index (χ2v) is 4.02. The first kappa shape index (κ1) is 11.5. The molecule has 2 nitrogen and oxygen atoms in total. The smallest absolute Gasteiger partial charge is 0.314 e. The summed E-state index contributed by atoms with van der Waals surface area (Å²) in [4.78, 5) is 11.6. The Bertz CT molecular complexity index is 489. The zero-order valence-electron chi connectivity index (χ0n) is 9.77. The van der Waals surface area contributed by atoms with Crippen LogP contribution in [0.3, 0.4) is 0 Å². The van der Waals surface area contributed by atoms with Crippen molar-refractivity contribution >= 4 is 5.97 Å². The summed E-state index contributed by atoms with van der Waals surface area (Å²) in [7, 11) is 0. The minimum atomic E-state index is -0.141. The zero-order valence-corrected chi connectivity index (χ0v) is 9.77. The van der Waals surface area contributed by atoms with Gasteiger partial charge in [-0.1, -0.05) is 36.3 Å². The van der Waals surface area contributed by atoms with Crippen LogP contribution in [0.15, 0.2) is 42.2 Å². The Morgan fingerprint density at radius 1 is 1.41 bits per heavy atom. The van der Waals surface area contributed by atoms with Gasteiger partial charge in [0.1, 0.15) is 5.76 Å². The lowest BCUT2D eigenvalue weighted by molar-refractivity contribution is -0.139. The maximum absolute atomic E-state index is 11.6. The van der Waals surface area contributed by atoms with Gasteiger partial charge in [0.15, 0.2) is 0 Å². The van der Waals surface area contributed by atoms with E-state index in [0.29, 0.717) is 12.2 Å². The van der Waals surface area contributed by atoms with Crippen molar-refractivity contribution in [1.29, 1.82) is 0 Å². The number of hydrogen-bond acceptors (Lipinski definition) is 2. The summed E-state index contributed by atoms with van der Waals surface area (Å²) >= 11 is 0. The fourth-order valence-electron chi connectivity index (χ4n) is 1.88. The topological polar surface area (TPSA) is 26.3 Å². The van der Waals surface area contributed by atoms with Gasteiger partial charge in [-0.2, -0.15) is 0 Å². The second kappa shape index (κ2) is 5.36. The third kappa shape index (κ3) is 2.98. The van der Waals surface area contributed by atoms with E-state index in [-0.39, 0.29) is 11.9 Å². The molecule has 0 radical (unpaired) electrons. The standard InChI is InChI=1S/C15H14O2/c1-2-3-9-14-11-13(15(16)17-14)10-12-7-5-4-6-8-12/h4-9,13H,10-11H2,1H3/b14-9-. The van der Waals surface area contributed by atoms with Crippen molar-refractivity contribution in [1.82, 2.24) is 0 Å². The van der Waals surface area contributed by atoms with Gasteiger partial charge in [0, 0.05) is 12.5 Å². The number of allylic oxidation sites excluding steroid dienone is 2. The van der Waals surface area contributed by atoms with Gasteiger partial charge in [-0.25, -0.2) is 0 Å². The predicted molar refractivity (Wildman–Crippen MR) is 65.9 cm³/mol. The average Bonchev–Trinajstić information content (AvgIpc) is 2.69. The van der Waals surface area contributed by atoms with Crippen LogP contribution in [-0.2, 0) is 16.0 Å². The lowest BCUT2D eigenvalue weighted by Gasteiger charge is -2.03. The summed E-state index contributed by atoms with van der Waals surface area (Å²) in [6, 6.07) is 9.99. The molecule has 1 aromatic carbocycles. The van der Waals surface area contributed by atoms with E-state index < -0.39 is 0 Å². The van der Waals surface area contributed by atoms with Crippen LogP contribution in [0.4, 0.5) is 0 Å². The van der Waals surface area contributed by atoms with E-state index in [1.165, 1.54) is 0 Å². The highest BCUT2D eigenvalue weighted by molar-refractivity contribution is 5.77. The molecule has 1 heterocycles. The summed E-state index contributed by atoms with van der Waals surface area (Å²) in [5.74, 6) is 6.04. The van der Waals surface area contributed by atoms with E-state index in [2.05, 4.69) is 11.8 Å². The number of benzene rings is 1. The van der Waals surface area contributed by atoms with E-state index >= 15 is 0 Å². The third-order valence-corrected chi connectivity index (χ3v) is 2.72. The number of carbonyl (C=O) groups is 1. The van der Waals surface area contributed by atoms with Crippen molar-refractivity contribution < 1.29 is 9.53 Å². The largest absolute Gasteiger partial charge is 0.430 e. The van der Waals surface area contributed by atoms with Gasteiger partial charge in [-0.15, -0.1) is 5.92 Å². The molecule has 0 aromatic heterocycles. The molecule has 2 heteroatoms. The molecule has 17 heavy (non-hydrogen) atoms. The monoisotopic (exact) mass is 226 g/mol. The Hall–Kier alpha value is -2.01. The molecule has 1 atom stereocenters. The number of cyclic esters (lactones) is 1. The lowest BCUT2D eigenvalue weighted by Crippen LogP contribution is -2.10. The molecule has 1 saturated heterocycles. The van der Waals surface area contributed by atoms with Gasteiger partial charge < -0.3 is 4.74 Å². The Kier molecular flexibility index (Phi) is 3.62. The third-order valence-electron chi connectivity index (χ3n) is 2.72. The minimum absolute atomic E-state index is 0.0673. The van der Waals surface area contributed by atoms with Gasteiger partial charge in [-0.05, 0) is 18.9 Å². The van der Waals surface area contributed by atoms with E-state index in [4.69, 9.17) is 4.74 Å². The van der Waals surface area contributed by atoms with Crippen molar-refractivity contribution in [3.05, 3.63) is 47.7 Å². The quantitative estimate of drug-likeness (QED) is 0.572. The maximum Gasteiger partial charge on any atom is 0.314 e. The Labute approximate surface area is 101 Å². The van der Waals surface area contributed by atoms with Crippen LogP contribution in [0.2, 0.25) is 0 Å². The molecule has 86 valence electrons. The fraction of sp³-hybridized carbons (Fsp3) is 0.267. The molecule has 1 aliphatic rings. The van der Waals surface area contributed by atoms with Gasteiger partial charge >= 0.3 is 5.97 Å². The van der Waals surface area contributed by atoms with E-state index in [9.17, 15) is 4.79 Å². The van der Waals surface area contributed by atoms with Gasteiger partial charge in [-0.3, -0.25) is 4.79 Å². The van der Waals surface area contributed by atoms with Gasteiger partial charge in [0.25, 0.3) is 0 Å². The molecule has 1 fully saturated rings. The van der Waals surface area contributed by atoms with Crippen LogP contribution in [-0.4, -0.2) is 5.97 Å². The minimum Gasteiger partial charge on any atom is -0.430 e. The van der Waals surface area contributed by atoms with E-state index in [0.717, 1.165) is 12.0 Å². The number of rotatable bonds is 2. The Balaban J connectivity index is 2.03. The number of hydrogen-bond donors (Lipinski definition) is 0. The SMILES string of the molecule is CC#C/C=C1/CC(Cc2ccccc2)C(=O)O1. The van der Waals surface area contributed by atoms with Crippen molar-refractivity contribution in [3.8, 4) is 11.8 Å². The van der Waals surface area contributed by atoms with Crippen LogP contribution in [0.25, 0.3) is 0 Å². The van der Waals surface area contributed by atoms with Crippen molar-refractivity contribution in [2.75, 3.05) is 0 Å². The number of ether oxygens (including phenoxy) is 1. The van der Waals surface area contributed by atoms with Crippen molar-refractivity contribution in [2.45, 2.75) is 19.8 Å². The number of esters is 1. The van der Waals surface area contributed by atoms with Crippen molar-refractivity contribution in [3.63, 3.8) is 0 Å². The zero-order chi connectivity index (χ0) is 12.1. The molecule has 0 saturated carbocycles. The first-order chi connectivity index (χ1) is 8.29. The molecule has 1 aliphatic heterocycles. The summed E-state index contributed by atoms with van der Waals surface area (Å²) in [5.41, 5.74) is 1.16. The predicted octanol–water partition coefficient (Wildman–Crippen LogP) is 2.70. The van der Waals surface area contributed by atoms with E-state index in [1.807, 2.05) is 30.3 Å². The Morgan fingerprint density at radius 3 is 2.88 bits per heavy atom. The Morgan fingerprint density at radius 2 is 2.18 bits per heavy atom. The molecule has 1 unspecified atom stereocenters. The normalized spacial score (nSPS) is 20.9. The second-order valence-electron chi connectivity index (χ2n) is 4.02. The van der Waals surface area contributed by atoms with Crippen LogP contribution >= 0.6 is 0 Å². The molecular weight excluding hydrogens is 212 g/mol. The van der Waals surface area contributed by atoms with E-state index in [1.54, 1.807) is 13.0 Å². The summed E-state index contributed by atoms with van der Waals surface area (Å²) in [6.07, 6.45) is 3.07. The van der Waals surface area contributed by atoms with Gasteiger partial charge in [0.2, 0.25) is 0 Å².